The van der Waals surface area contributed by atoms with Crippen molar-refractivity contribution in [1.82, 2.24) is 5.32 Å². The van der Waals surface area contributed by atoms with E-state index in [0.717, 1.165) is 28.6 Å². The normalized spacial score (nSPS) is 13.3. The number of carbonyl (C=O) groups excluding carboxylic acids is 1. The van der Waals surface area contributed by atoms with Crippen LogP contribution in [-0.2, 0) is 0 Å². The standard InChI is InChI=1S/C25H25NO4S/c1-18(20-9-12-23-24(17-20)30-14-13-29-23)26-25(27)19-7-10-21(11-8-19)28-15-16-31-22-5-3-2-4-6-22/h2-12,17-18H,13-16H2,1H3,(H,26,27)/t18-/m0/s1. The van der Waals surface area contributed by atoms with Crippen LogP contribution in [0.25, 0.3) is 0 Å². The van der Waals surface area contributed by atoms with Crippen LogP contribution in [0.5, 0.6) is 17.2 Å². The highest BCUT2D eigenvalue weighted by Gasteiger charge is 2.16. The number of thioether (sulfide) groups is 1. The number of nitrogens with one attached hydrogen (secondary N) is 1. The van der Waals surface area contributed by atoms with Gasteiger partial charge in [-0.3, -0.25) is 4.79 Å². The molecule has 0 spiro atoms. The molecule has 1 aliphatic heterocycles. The van der Waals surface area contributed by atoms with Gasteiger partial charge in [-0.1, -0.05) is 24.3 Å². The maximum atomic E-state index is 12.6. The Morgan fingerprint density at radius 1 is 1.00 bits per heavy atom. The second-order valence-electron chi connectivity index (χ2n) is 7.13. The Bertz CT molecular complexity index is 1010. The van der Waals surface area contributed by atoms with E-state index < -0.39 is 0 Å². The van der Waals surface area contributed by atoms with Gasteiger partial charge >= 0.3 is 0 Å². The second-order valence-corrected chi connectivity index (χ2v) is 8.30. The summed E-state index contributed by atoms with van der Waals surface area (Å²) < 4.78 is 17.0. The van der Waals surface area contributed by atoms with Gasteiger partial charge in [0.2, 0.25) is 0 Å². The molecule has 0 fully saturated rings. The van der Waals surface area contributed by atoms with Crippen LogP contribution in [-0.4, -0.2) is 31.5 Å². The van der Waals surface area contributed by atoms with Crippen molar-refractivity contribution in [1.29, 1.82) is 0 Å². The van der Waals surface area contributed by atoms with Gasteiger partial charge < -0.3 is 19.5 Å². The fraction of sp³-hybridized carbons (Fsp3) is 0.240. The summed E-state index contributed by atoms with van der Waals surface area (Å²) in [4.78, 5) is 13.9. The van der Waals surface area contributed by atoms with E-state index in [9.17, 15) is 4.79 Å². The molecule has 0 unspecified atom stereocenters. The number of carbonyl (C=O) groups is 1. The van der Waals surface area contributed by atoms with Crippen molar-refractivity contribution in [2.75, 3.05) is 25.6 Å². The van der Waals surface area contributed by atoms with E-state index in [1.165, 1.54) is 4.90 Å². The highest BCUT2D eigenvalue weighted by Crippen LogP contribution is 2.32. The average molecular weight is 436 g/mol. The molecule has 1 N–H and O–H groups in total. The molecule has 0 bridgehead atoms. The van der Waals surface area contributed by atoms with Gasteiger partial charge in [0, 0.05) is 16.2 Å². The topological polar surface area (TPSA) is 56.8 Å². The first-order valence-electron chi connectivity index (χ1n) is 10.3. The molecule has 0 aliphatic carbocycles. The summed E-state index contributed by atoms with van der Waals surface area (Å²) >= 11 is 1.76. The number of hydrogen-bond donors (Lipinski definition) is 1. The minimum Gasteiger partial charge on any atom is -0.493 e. The molecular weight excluding hydrogens is 410 g/mol. The maximum absolute atomic E-state index is 12.6. The summed E-state index contributed by atoms with van der Waals surface area (Å²) in [5.41, 5.74) is 1.56. The number of fused-ring (bicyclic) bond motifs is 1. The third-order valence-corrected chi connectivity index (χ3v) is 5.87. The van der Waals surface area contributed by atoms with Crippen LogP contribution in [0.2, 0.25) is 0 Å². The molecule has 1 amide bonds. The minimum absolute atomic E-state index is 0.131. The largest absolute Gasteiger partial charge is 0.493 e. The molecule has 4 rings (SSSR count). The average Bonchev–Trinajstić information content (AvgIpc) is 2.82. The Hall–Kier alpha value is -3.12. The molecule has 5 nitrogen and oxygen atoms in total. The van der Waals surface area contributed by atoms with Crippen molar-refractivity contribution in [2.24, 2.45) is 0 Å². The van der Waals surface area contributed by atoms with E-state index in [-0.39, 0.29) is 11.9 Å². The summed E-state index contributed by atoms with van der Waals surface area (Å²) in [5.74, 6) is 2.95. The molecule has 31 heavy (non-hydrogen) atoms. The third kappa shape index (κ3) is 5.73. The molecule has 6 heteroatoms. The zero-order chi connectivity index (χ0) is 21.5. The predicted octanol–water partition coefficient (Wildman–Crippen LogP) is 5.12. The second kappa shape index (κ2) is 10.3. The van der Waals surface area contributed by atoms with E-state index in [4.69, 9.17) is 14.2 Å². The molecule has 3 aromatic rings. The molecule has 0 saturated carbocycles. The number of hydrogen-bond acceptors (Lipinski definition) is 5. The van der Waals surface area contributed by atoms with Crippen molar-refractivity contribution in [3.63, 3.8) is 0 Å². The molecular formula is C25H25NO4S. The minimum atomic E-state index is -0.158. The lowest BCUT2D eigenvalue weighted by Gasteiger charge is -2.21. The number of amides is 1. The smallest absolute Gasteiger partial charge is 0.251 e. The van der Waals surface area contributed by atoms with Gasteiger partial charge in [-0.2, -0.15) is 0 Å². The third-order valence-electron chi connectivity index (χ3n) is 4.89. The van der Waals surface area contributed by atoms with Gasteiger partial charge in [0.05, 0.1) is 12.6 Å². The first-order chi connectivity index (χ1) is 15.2. The fourth-order valence-corrected chi connectivity index (χ4v) is 3.98. The summed E-state index contributed by atoms with van der Waals surface area (Å²) in [6.45, 7) is 3.65. The van der Waals surface area contributed by atoms with E-state index in [1.54, 1.807) is 23.9 Å². The van der Waals surface area contributed by atoms with Gasteiger partial charge in [0.15, 0.2) is 11.5 Å². The SMILES string of the molecule is C[C@H](NC(=O)c1ccc(OCCSc2ccccc2)cc1)c1ccc2c(c1)OCCO2. The fourth-order valence-electron chi connectivity index (χ4n) is 3.23. The van der Waals surface area contributed by atoms with Crippen LogP contribution in [0.1, 0.15) is 28.9 Å². The number of ether oxygens (including phenoxy) is 3. The van der Waals surface area contributed by atoms with Gasteiger partial charge in [0.25, 0.3) is 5.91 Å². The van der Waals surface area contributed by atoms with Crippen LogP contribution in [0.3, 0.4) is 0 Å². The molecule has 3 aromatic carbocycles. The molecule has 0 aromatic heterocycles. The Morgan fingerprint density at radius 2 is 1.74 bits per heavy atom. The Balaban J connectivity index is 1.27. The zero-order valence-corrected chi connectivity index (χ0v) is 18.2. The van der Waals surface area contributed by atoms with Crippen LogP contribution < -0.4 is 19.5 Å². The van der Waals surface area contributed by atoms with Gasteiger partial charge in [-0.25, -0.2) is 0 Å². The van der Waals surface area contributed by atoms with Crippen molar-refractivity contribution >= 4 is 17.7 Å². The molecule has 1 aliphatic rings. The van der Waals surface area contributed by atoms with E-state index in [0.29, 0.717) is 25.4 Å². The monoisotopic (exact) mass is 435 g/mol. The maximum Gasteiger partial charge on any atom is 0.251 e. The number of benzene rings is 3. The molecule has 0 radical (unpaired) electrons. The van der Waals surface area contributed by atoms with Crippen LogP contribution in [0.4, 0.5) is 0 Å². The lowest BCUT2D eigenvalue weighted by atomic mass is 10.1. The highest BCUT2D eigenvalue weighted by molar-refractivity contribution is 7.99. The zero-order valence-electron chi connectivity index (χ0n) is 17.4. The summed E-state index contributed by atoms with van der Waals surface area (Å²) in [6, 6.07) is 23.1. The van der Waals surface area contributed by atoms with Crippen LogP contribution in [0.15, 0.2) is 77.7 Å². The Morgan fingerprint density at radius 3 is 2.52 bits per heavy atom. The van der Waals surface area contributed by atoms with Crippen molar-refractivity contribution in [3.05, 3.63) is 83.9 Å². The lowest BCUT2D eigenvalue weighted by Crippen LogP contribution is -2.26. The van der Waals surface area contributed by atoms with Crippen molar-refractivity contribution < 1.29 is 19.0 Å². The summed E-state index contributed by atoms with van der Waals surface area (Å²) in [7, 11) is 0. The van der Waals surface area contributed by atoms with Crippen molar-refractivity contribution in [3.8, 4) is 17.2 Å². The van der Waals surface area contributed by atoms with E-state index >= 15 is 0 Å². The van der Waals surface area contributed by atoms with Crippen LogP contribution >= 0.6 is 11.8 Å². The molecule has 160 valence electrons. The predicted molar refractivity (Wildman–Crippen MR) is 122 cm³/mol. The quantitative estimate of drug-likeness (QED) is 0.393. The molecule has 1 atom stereocenters. The van der Waals surface area contributed by atoms with Crippen LogP contribution in [0, 0.1) is 0 Å². The number of rotatable bonds is 8. The van der Waals surface area contributed by atoms with E-state index in [2.05, 4.69) is 17.4 Å². The first kappa shape index (κ1) is 21.1. The first-order valence-corrected chi connectivity index (χ1v) is 11.3. The molecule has 1 heterocycles. The highest BCUT2D eigenvalue weighted by atomic mass is 32.2. The van der Waals surface area contributed by atoms with Gasteiger partial charge in [-0.05, 0) is 61.0 Å². The van der Waals surface area contributed by atoms with Gasteiger partial charge in [-0.15, -0.1) is 11.8 Å². The molecule has 0 saturated heterocycles. The van der Waals surface area contributed by atoms with Crippen molar-refractivity contribution in [2.45, 2.75) is 17.9 Å². The lowest BCUT2D eigenvalue weighted by molar-refractivity contribution is 0.0939. The van der Waals surface area contributed by atoms with E-state index in [1.807, 2.05) is 55.5 Å². The summed E-state index contributed by atoms with van der Waals surface area (Å²) in [6.07, 6.45) is 0. The Labute approximate surface area is 186 Å². The van der Waals surface area contributed by atoms with Gasteiger partial charge in [0.1, 0.15) is 19.0 Å². The Kier molecular flexibility index (Phi) is 6.99. The summed E-state index contributed by atoms with van der Waals surface area (Å²) in [5, 5.41) is 3.03.